The summed E-state index contributed by atoms with van der Waals surface area (Å²) in [5, 5.41) is 2.26. The van der Waals surface area contributed by atoms with Crippen molar-refractivity contribution in [3.05, 3.63) is 114 Å². The molecule has 0 spiro atoms. The van der Waals surface area contributed by atoms with Gasteiger partial charge in [0.05, 0.1) is 21.8 Å². The molecule has 4 aromatic rings. The molecule has 0 aliphatic heterocycles. The third kappa shape index (κ3) is 5.44. The number of anilines is 2. The highest BCUT2D eigenvalue weighted by molar-refractivity contribution is 7.99. The molecule has 0 atom stereocenters. The molecule has 9 heteroatoms. The molecule has 0 radical (unpaired) electrons. The fraction of sp³-hybridized carbons (Fsp3) is 0. The summed E-state index contributed by atoms with van der Waals surface area (Å²) in [5.41, 5.74) is -0.186. The minimum atomic E-state index is -4.13. The van der Waals surface area contributed by atoms with E-state index >= 15 is 0 Å². The van der Waals surface area contributed by atoms with E-state index in [2.05, 4.69) is 10.0 Å². The van der Waals surface area contributed by atoms with Crippen LogP contribution in [0, 0.1) is 11.6 Å². The number of amides is 1. The summed E-state index contributed by atoms with van der Waals surface area (Å²) in [4.78, 5) is 13.5. The zero-order valence-corrected chi connectivity index (χ0v) is 19.2. The van der Waals surface area contributed by atoms with Crippen LogP contribution < -0.4 is 10.0 Å². The average Bonchev–Trinajstić information content (AvgIpc) is 2.82. The molecule has 1 amide bonds. The van der Waals surface area contributed by atoms with Crippen LogP contribution in [0.25, 0.3) is 0 Å². The maximum absolute atomic E-state index is 14.7. The molecule has 0 saturated heterocycles. The molecular weight excluding hydrogens is 478 g/mol. The number of benzene rings is 4. The van der Waals surface area contributed by atoms with Crippen molar-refractivity contribution in [2.75, 3.05) is 10.0 Å². The highest BCUT2D eigenvalue weighted by Gasteiger charge is 2.20. The number of nitrogens with one attached hydrogen (secondary N) is 2. The van der Waals surface area contributed by atoms with Crippen LogP contribution in [0.4, 0.5) is 20.2 Å². The molecule has 0 saturated carbocycles. The van der Waals surface area contributed by atoms with Gasteiger partial charge in [0, 0.05) is 9.79 Å². The Hall–Kier alpha value is -3.69. The largest absolute Gasteiger partial charge is 0.319 e. The number of carbonyl (C=O) groups is 1. The number of para-hydroxylation sites is 1. The highest BCUT2D eigenvalue weighted by atomic mass is 32.2. The monoisotopic (exact) mass is 496 g/mol. The molecule has 4 rings (SSSR count). The Morgan fingerprint density at radius 1 is 0.735 bits per heavy atom. The van der Waals surface area contributed by atoms with Gasteiger partial charge in [-0.1, -0.05) is 54.2 Å². The molecule has 4 aromatic carbocycles. The number of hydrogen-bond acceptors (Lipinski definition) is 4. The van der Waals surface area contributed by atoms with Gasteiger partial charge >= 0.3 is 0 Å². The Bertz CT molecular complexity index is 1450. The molecule has 0 aliphatic rings. The van der Waals surface area contributed by atoms with E-state index in [-0.39, 0.29) is 16.1 Å². The van der Waals surface area contributed by atoms with E-state index in [0.29, 0.717) is 10.6 Å². The van der Waals surface area contributed by atoms with E-state index in [1.54, 1.807) is 24.3 Å². The van der Waals surface area contributed by atoms with Crippen molar-refractivity contribution in [1.82, 2.24) is 0 Å². The lowest BCUT2D eigenvalue weighted by Gasteiger charge is -2.13. The third-order valence-electron chi connectivity index (χ3n) is 4.72. The molecule has 0 unspecified atom stereocenters. The predicted molar refractivity (Wildman–Crippen MR) is 129 cm³/mol. The van der Waals surface area contributed by atoms with Crippen LogP contribution in [0.3, 0.4) is 0 Å². The lowest BCUT2D eigenvalue weighted by molar-refractivity contribution is 0.102. The summed E-state index contributed by atoms with van der Waals surface area (Å²) in [6.45, 7) is 0. The minimum Gasteiger partial charge on any atom is -0.319 e. The molecule has 34 heavy (non-hydrogen) atoms. The molecule has 172 valence electrons. The van der Waals surface area contributed by atoms with E-state index in [1.807, 2.05) is 30.3 Å². The van der Waals surface area contributed by atoms with Crippen molar-refractivity contribution in [3.8, 4) is 0 Å². The third-order valence-corrected chi connectivity index (χ3v) is 7.17. The molecule has 2 N–H and O–H groups in total. The van der Waals surface area contributed by atoms with Crippen molar-refractivity contribution >= 4 is 39.1 Å². The highest BCUT2D eigenvalue weighted by Crippen LogP contribution is 2.34. The van der Waals surface area contributed by atoms with Crippen LogP contribution in [-0.2, 0) is 10.0 Å². The Balaban J connectivity index is 1.54. The number of rotatable bonds is 7. The Morgan fingerprint density at radius 2 is 1.41 bits per heavy atom. The van der Waals surface area contributed by atoms with Gasteiger partial charge in [-0.15, -0.1) is 0 Å². The first-order valence-electron chi connectivity index (χ1n) is 10.0. The predicted octanol–water partition coefficient (Wildman–Crippen LogP) is 6.17. The summed E-state index contributed by atoms with van der Waals surface area (Å²) in [6, 6.07) is 24.7. The SMILES string of the molecule is O=C(Nc1ccc(S(=O)(=O)Nc2ccccc2Sc2ccccc2)cc1F)c1ccccc1F. The lowest BCUT2D eigenvalue weighted by Crippen LogP contribution is -2.16. The van der Waals surface area contributed by atoms with Gasteiger partial charge in [-0.05, 0) is 54.6 Å². The Morgan fingerprint density at radius 3 is 2.15 bits per heavy atom. The normalized spacial score (nSPS) is 11.1. The summed E-state index contributed by atoms with van der Waals surface area (Å²) in [7, 11) is -4.13. The number of halogens is 2. The quantitative estimate of drug-likeness (QED) is 0.321. The van der Waals surface area contributed by atoms with Gasteiger partial charge in [0.25, 0.3) is 15.9 Å². The molecule has 0 bridgehead atoms. The van der Waals surface area contributed by atoms with Gasteiger partial charge in [0.15, 0.2) is 0 Å². The number of sulfonamides is 1. The number of carbonyl (C=O) groups excluding carboxylic acids is 1. The minimum absolute atomic E-state index is 0.257. The standard InChI is InChI=1S/C25H18F2N2O3S2/c26-20-11-5-4-10-19(20)25(30)28-22-15-14-18(16-21(22)27)34(31,32)29-23-12-6-7-13-24(23)33-17-8-2-1-3-9-17/h1-16,29H,(H,28,30). The van der Waals surface area contributed by atoms with E-state index in [1.165, 1.54) is 30.0 Å². The second kappa shape index (κ2) is 10.1. The maximum Gasteiger partial charge on any atom is 0.262 e. The first-order chi connectivity index (χ1) is 16.3. The van der Waals surface area contributed by atoms with E-state index in [9.17, 15) is 22.0 Å². The molecule has 0 heterocycles. The van der Waals surface area contributed by atoms with E-state index < -0.39 is 27.6 Å². The average molecular weight is 497 g/mol. The fourth-order valence-corrected chi connectivity index (χ4v) is 5.14. The van der Waals surface area contributed by atoms with Crippen LogP contribution in [0.15, 0.2) is 112 Å². The van der Waals surface area contributed by atoms with Crippen LogP contribution in [-0.4, -0.2) is 14.3 Å². The van der Waals surface area contributed by atoms with Gasteiger partial charge in [0.2, 0.25) is 0 Å². The van der Waals surface area contributed by atoms with E-state index in [0.717, 1.165) is 29.2 Å². The zero-order valence-electron chi connectivity index (χ0n) is 17.5. The first kappa shape index (κ1) is 23.5. The topological polar surface area (TPSA) is 75.3 Å². The lowest BCUT2D eigenvalue weighted by atomic mass is 10.2. The van der Waals surface area contributed by atoms with Crippen molar-refractivity contribution in [3.63, 3.8) is 0 Å². The van der Waals surface area contributed by atoms with Crippen molar-refractivity contribution in [2.45, 2.75) is 14.7 Å². The summed E-state index contributed by atoms with van der Waals surface area (Å²) in [6.07, 6.45) is 0. The summed E-state index contributed by atoms with van der Waals surface area (Å²) < 4.78 is 56.8. The summed E-state index contributed by atoms with van der Waals surface area (Å²) >= 11 is 1.38. The van der Waals surface area contributed by atoms with Gasteiger partial charge < -0.3 is 5.32 Å². The number of hydrogen-bond donors (Lipinski definition) is 2. The fourth-order valence-electron chi connectivity index (χ4n) is 3.06. The first-order valence-corrected chi connectivity index (χ1v) is 12.3. The zero-order chi connectivity index (χ0) is 24.1. The van der Waals surface area contributed by atoms with Crippen LogP contribution >= 0.6 is 11.8 Å². The van der Waals surface area contributed by atoms with E-state index in [4.69, 9.17) is 0 Å². The van der Waals surface area contributed by atoms with Gasteiger partial charge in [-0.2, -0.15) is 0 Å². The second-order valence-corrected chi connectivity index (χ2v) is 9.89. The Labute approximate surface area is 199 Å². The van der Waals surface area contributed by atoms with Crippen molar-refractivity contribution in [2.24, 2.45) is 0 Å². The molecule has 5 nitrogen and oxygen atoms in total. The van der Waals surface area contributed by atoms with Crippen LogP contribution in [0.2, 0.25) is 0 Å². The smallest absolute Gasteiger partial charge is 0.262 e. The van der Waals surface area contributed by atoms with Gasteiger partial charge in [-0.25, -0.2) is 17.2 Å². The van der Waals surface area contributed by atoms with Gasteiger partial charge in [0.1, 0.15) is 11.6 Å². The van der Waals surface area contributed by atoms with Gasteiger partial charge in [-0.3, -0.25) is 9.52 Å². The van der Waals surface area contributed by atoms with Crippen molar-refractivity contribution in [1.29, 1.82) is 0 Å². The summed E-state index contributed by atoms with van der Waals surface area (Å²) in [5.74, 6) is -2.58. The second-order valence-electron chi connectivity index (χ2n) is 7.09. The van der Waals surface area contributed by atoms with Crippen molar-refractivity contribution < 1.29 is 22.0 Å². The van der Waals surface area contributed by atoms with Crippen LogP contribution in [0.1, 0.15) is 10.4 Å². The Kier molecular flexibility index (Phi) is 6.95. The van der Waals surface area contributed by atoms with Crippen LogP contribution in [0.5, 0.6) is 0 Å². The molecule has 0 aromatic heterocycles. The maximum atomic E-state index is 14.7. The molecule has 0 fully saturated rings. The molecular formula is C25H18F2N2O3S2. The molecule has 0 aliphatic carbocycles.